The van der Waals surface area contributed by atoms with Crippen molar-refractivity contribution in [2.24, 2.45) is 0 Å². The summed E-state index contributed by atoms with van der Waals surface area (Å²) in [5.41, 5.74) is 13.1. The Morgan fingerprint density at radius 1 is 0.328 bits per heavy atom. The number of aromatic nitrogens is 6. The van der Waals surface area contributed by atoms with Crippen molar-refractivity contribution >= 4 is 104 Å². The van der Waals surface area contributed by atoms with Crippen molar-refractivity contribution < 1.29 is 0 Å². The molecule has 1 N–H and O–H groups in total. The lowest BCUT2D eigenvalue weighted by Gasteiger charge is -2.19. The van der Waals surface area contributed by atoms with Gasteiger partial charge >= 0.3 is 0 Å². The average molecular weight is 859 g/mol. The highest BCUT2D eigenvalue weighted by Gasteiger charge is 2.31. The van der Waals surface area contributed by atoms with E-state index in [9.17, 15) is 0 Å². The minimum absolute atomic E-state index is 0.543. The first-order valence-corrected chi connectivity index (χ1v) is 22.8. The van der Waals surface area contributed by atoms with Crippen LogP contribution in [0.15, 0.2) is 212 Å². The van der Waals surface area contributed by atoms with Crippen molar-refractivity contribution in [3.63, 3.8) is 0 Å². The molecule has 1 aliphatic rings. The fraction of sp³-hybridized carbons (Fsp3) is 0.0169. The summed E-state index contributed by atoms with van der Waals surface area (Å²) in [5.74, 6) is 2.21. The molecule has 0 fully saturated rings. The van der Waals surface area contributed by atoms with Crippen LogP contribution in [0.1, 0.15) is 0 Å². The number of nitrogens with zero attached hydrogens (tertiary/aromatic N) is 7. The summed E-state index contributed by atoms with van der Waals surface area (Å²) in [4.78, 5) is 13.6. The Bertz CT molecular complexity index is 4330. The quantitative estimate of drug-likeness (QED) is 0.187. The summed E-state index contributed by atoms with van der Waals surface area (Å²) < 4.78 is 9.46. The average Bonchev–Trinajstić information content (AvgIpc) is 4.20. The van der Waals surface area contributed by atoms with Crippen molar-refractivity contribution in [2.45, 2.75) is 0 Å². The number of anilines is 3. The van der Waals surface area contributed by atoms with Gasteiger partial charge in [0.05, 0.1) is 50.8 Å². The lowest BCUT2D eigenvalue weighted by atomic mass is 10.1. The molecule has 314 valence electrons. The Kier molecular flexibility index (Phi) is 7.40. The molecule has 0 atom stereocenters. The smallest absolute Gasteiger partial charge is 0.238 e. The molecule has 1 aliphatic heterocycles. The third-order valence-electron chi connectivity index (χ3n) is 14.0. The number of hydrogen-bond acceptors (Lipinski definition) is 4. The van der Waals surface area contributed by atoms with Crippen LogP contribution in [0.3, 0.4) is 0 Å². The number of para-hydroxylation sites is 7. The van der Waals surface area contributed by atoms with Gasteiger partial charge in [-0.1, -0.05) is 133 Å². The second kappa shape index (κ2) is 13.7. The summed E-state index contributed by atoms with van der Waals surface area (Å²) in [7, 11) is 0. The van der Waals surface area contributed by atoms with Crippen LogP contribution in [-0.2, 0) is 0 Å². The van der Waals surface area contributed by atoms with Crippen LogP contribution >= 0.6 is 0 Å². The van der Waals surface area contributed by atoms with Gasteiger partial charge < -0.3 is 19.4 Å². The normalized spacial score (nSPS) is 12.8. The summed E-state index contributed by atoms with van der Waals surface area (Å²) in [6, 6.07) is 76.2. The van der Waals surface area contributed by atoms with Crippen LogP contribution in [-0.4, -0.2) is 34.9 Å². The van der Waals surface area contributed by atoms with Crippen molar-refractivity contribution in [1.82, 2.24) is 28.2 Å². The van der Waals surface area contributed by atoms with Gasteiger partial charge in [-0.2, -0.15) is 9.97 Å². The molecular weight excluding hydrogens is 821 g/mol. The highest BCUT2D eigenvalue weighted by Crippen LogP contribution is 2.46. The van der Waals surface area contributed by atoms with E-state index in [1.54, 1.807) is 0 Å². The van der Waals surface area contributed by atoms with E-state index in [0.29, 0.717) is 12.6 Å². The van der Waals surface area contributed by atoms with Crippen LogP contribution < -0.4 is 10.2 Å². The van der Waals surface area contributed by atoms with Crippen molar-refractivity contribution in [1.29, 1.82) is 0 Å². The van der Waals surface area contributed by atoms with Crippen LogP contribution in [0.4, 0.5) is 17.2 Å². The van der Waals surface area contributed by atoms with E-state index in [0.717, 1.165) is 89.0 Å². The molecule has 8 heteroatoms. The van der Waals surface area contributed by atoms with Crippen LogP contribution in [0.2, 0.25) is 0 Å². The summed E-state index contributed by atoms with van der Waals surface area (Å²) >= 11 is 0. The monoisotopic (exact) mass is 858 g/mol. The molecule has 14 aromatic rings. The minimum Gasteiger partial charge on any atom is -0.361 e. The molecule has 5 aromatic heterocycles. The second-order valence-corrected chi connectivity index (χ2v) is 17.5. The predicted molar refractivity (Wildman–Crippen MR) is 276 cm³/mol. The van der Waals surface area contributed by atoms with Gasteiger partial charge in [0.2, 0.25) is 5.95 Å². The molecule has 0 radical (unpaired) electrons. The number of benzene rings is 9. The van der Waals surface area contributed by atoms with E-state index in [2.05, 4.69) is 241 Å². The lowest BCUT2D eigenvalue weighted by Crippen LogP contribution is -2.17. The standard InChI is InChI=1S/C59H38N8/c1-4-18-37(19-5-1)63-36-60-55-57(63)61-59(67-50-31-17-13-27-44(50)54-51(67)33-32-43-40-24-10-15-29-48(40)65(56(43)54)39-22-8-3-9-23-39)62-58(55)66-49-30-16-12-26-42(49)46-34-52-45(35-53(46)66)41-25-11-14-28-47(41)64(52)38-20-6-2-7-21-38/h1-35,60H,36H2. The first-order chi connectivity index (χ1) is 33.3. The minimum atomic E-state index is 0.543. The molecule has 15 rings (SSSR count). The van der Waals surface area contributed by atoms with Gasteiger partial charge in [0, 0.05) is 60.2 Å². The zero-order valence-corrected chi connectivity index (χ0v) is 36.0. The van der Waals surface area contributed by atoms with Gasteiger partial charge in [-0.3, -0.25) is 9.13 Å². The number of hydrogen-bond donors (Lipinski definition) is 1. The topological polar surface area (TPSA) is 60.8 Å². The van der Waals surface area contributed by atoms with Gasteiger partial charge in [-0.05, 0) is 78.9 Å². The molecule has 0 saturated heterocycles. The third kappa shape index (κ3) is 5.01. The second-order valence-electron chi connectivity index (χ2n) is 17.5. The zero-order valence-electron chi connectivity index (χ0n) is 36.0. The van der Waals surface area contributed by atoms with Crippen molar-refractivity contribution in [3.05, 3.63) is 212 Å². The van der Waals surface area contributed by atoms with Crippen molar-refractivity contribution in [3.8, 4) is 23.1 Å². The van der Waals surface area contributed by atoms with Gasteiger partial charge in [0.1, 0.15) is 5.69 Å². The molecule has 6 heterocycles. The van der Waals surface area contributed by atoms with Crippen LogP contribution in [0.5, 0.6) is 0 Å². The SMILES string of the molecule is c1ccc(N2CNc3c2nc(-n2c4ccccc4c4c2ccc2c5ccccc5n(-c5ccccc5)c24)nc3-n2c3ccccc3c3cc4c(cc32)c2ccccc2n4-c2ccccc2)cc1. The Morgan fingerprint density at radius 2 is 0.791 bits per heavy atom. The van der Waals surface area contributed by atoms with Gasteiger partial charge in [-0.15, -0.1) is 0 Å². The summed E-state index contributed by atoms with van der Waals surface area (Å²) in [5, 5.41) is 13.2. The van der Waals surface area contributed by atoms with Crippen LogP contribution in [0, 0.1) is 0 Å². The molecule has 0 amide bonds. The molecule has 0 bridgehead atoms. The molecule has 0 saturated carbocycles. The first kappa shape index (κ1) is 36.2. The maximum atomic E-state index is 5.77. The zero-order chi connectivity index (χ0) is 43.7. The molecule has 9 aromatic carbocycles. The van der Waals surface area contributed by atoms with Gasteiger partial charge in [0.25, 0.3) is 0 Å². The molecular formula is C59H38N8. The van der Waals surface area contributed by atoms with E-state index in [-0.39, 0.29) is 0 Å². The maximum absolute atomic E-state index is 5.77. The first-order valence-electron chi connectivity index (χ1n) is 22.8. The Labute approximate surface area is 383 Å². The largest absolute Gasteiger partial charge is 0.361 e. The number of rotatable bonds is 5. The predicted octanol–water partition coefficient (Wildman–Crippen LogP) is 14.4. The molecule has 0 aliphatic carbocycles. The Balaban J connectivity index is 1.07. The summed E-state index contributed by atoms with van der Waals surface area (Å²) in [6.07, 6.45) is 0. The van der Waals surface area contributed by atoms with Crippen molar-refractivity contribution in [2.75, 3.05) is 16.9 Å². The fourth-order valence-electron chi connectivity index (χ4n) is 11.2. The van der Waals surface area contributed by atoms with E-state index in [1.165, 1.54) is 32.6 Å². The third-order valence-corrected chi connectivity index (χ3v) is 14.0. The summed E-state index contributed by atoms with van der Waals surface area (Å²) in [6.45, 7) is 0.543. The fourth-order valence-corrected chi connectivity index (χ4v) is 11.2. The van der Waals surface area contributed by atoms with E-state index >= 15 is 0 Å². The molecule has 0 unspecified atom stereocenters. The van der Waals surface area contributed by atoms with E-state index < -0.39 is 0 Å². The molecule has 0 spiro atoms. The maximum Gasteiger partial charge on any atom is 0.238 e. The van der Waals surface area contributed by atoms with Gasteiger partial charge in [0.15, 0.2) is 11.6 Å². The number of fused-ring (bicyclic) bond motifs is 14. The Hall–Kier alpha value is -9.14. The lowest BCUT2D eigenvalue weighted by molar-refractivity contribution is 0.949. The molecule has 67 heavy (non-hydrogen) atoms. The van der Waals surface area contributed by atoms with E-state index in [4.69, 9.17) is 9.97 Å². The van der Waals surface area contributed by atoms with E-state index in [1.807, 2.05) is 0 Å². The highest BCUT2D eigenvalue weighted by molar-refractivity contribution is 6.26. The van der Waals surface area contributed by atoms with Crippen LogP contribution in [0.25, 0.3) is 110 Å². The molecule has 8 nitrogen and oxygen atoms in total. The Morgan fingerprint density at radius 3 is 1.42 bits per heavy atom. The van der Waals surface area contributed by atoms with Gasteiger partial charge in [-0.25, -0.2) is 0 Å². The highest BCUT2D eigenvalue weighted by atomic mass is 15.4. The number of nitrogens with one attached hydrogen (secondary N) is 1.